The molecule has 0 aromatic carbocycles. The predicted molar refractivity (Wildman–Crippen MR) is 44.5 cm³/mol. The number of fused-ring (bicyclic) bond motifs is 1. The molecule has 0 aliphatic rings. The molecule has 14 heavy (non-hydrogen) atoms. The van der Waals surface area contributed by atoms with Crippen molar-refractivity contribution in [2.45, 2.75) is 0 Å². The largest absolute Gasteiger partial charge is 1.00 e. The monoisotopic (exact) mass is 202 g/mol. The zero-order valence-corrected chi connectivity index (χ0v) is 8.15. The van der Waals surface area contributed by atoms with Crippen LogP contribution >= 0.6 is 11.6 Å². The van der Waals surface area contributed by atoms with E-state index in [9.17, 15) is 9.90 Å². The van der Waals surface area contributed by atoms with Crippen molar-refractivity contribution < 1.29 is 28.8 Å². The Balaban J connectivity index is 0.000000980. The van der Waals surface area contributed by atoms with E-state index in [2.05, 4.69) is 4.98 Å². The Morgan fingerprint density at radius 3 is 2.79 bits per heavy atom. The third kappa shape index (κ3) is 1.93. The van der Waals surface area contributed by atoms with Crippen molar-refractivity contribution >= 4 is 23.2 Å². The number of carbonyl (C=O) groups excluding carboxylic acids is 1. The SMILES string of the molecule is O=C([O-])c1cn2cc(Cl)ccc2n1.[Li+]. The van der Waals surface area contributed by atoms with Gasteiger partial charge in [-0.15, -0.1) is 0 Å². The number of imidazole rings is 1. The number of pyridine rings is 1. The van der Waals surface area contributed by atoms with Gasteiger partial charge in [0.2, 0.25) is 0 Å². The maximum absolute atomic E-state index is 10.4. The molecule has 0 bridgehead atoms. The van der Waals surface area contributed by atoms with Crippen molar-refractivity contribution in [3.8, 4) is 0 Å². The molecule has 66 valence electrons. The molecule has 2 rings (SSSR count). The van der Waals surface area contributed by atoms with E-state index in [1.165, 1.54) is 10.6 Å². The quantitative estimate of drug-likeness (QED) is 0.475. The molecule has 2 aromatic heterocycles. The van der Waals surface area contributed by atoms with Crippen molar-refractivity contribution in [2.24, 2.45) is 0 Å². The summed E-state index contributed by atoms with van der Waals surface area (Å²) < 4.78 is 1.54. The molecule has 0 amide bonds. The summed E-state index contributed by atoms with van der Waals surface area (Å²) in [5.74, 6) is -1.29. The van der Waals surface area contributed by atoms with Crippen molar-refractivity contribution in [3.63, 3.8) is 0 Å². The van der Waals surface area contributed by atoms with Crippen LogP contribution in [-0.2, 0) is 0 Å². The number of carbonyl (C=O) groups is 1. The van der Waals surface area contributed by atoms with Crippen LogP contribution in [0.3, 0.4) is 0 Å². The second-order valence-corrected chi connectivity index (χ2v) is 2.96. The van der Waals surface area contributed by atoms with Crippen LogP contribution in [0.2, 0.25) is 5.02 Å². The molecule has 0 N–H and O–H groups in total. The first kappa shape index (κ1) is 11.1. The topological polar surface area (TPSA) is 57.4 Å². The van der Waals surface area contributed by atoms with Gasteiger partial charge >= 0.3 is 18.9 Å². The molecule has 0 atom stereocenters. The van der Waals surface area contributed by atoms with Crippen LogP contribution in [0.15, 0.2) is 24.5 Å². The maximum atomic E-state index is 10.4. The van der Waals surface area contributed by atoms with Gasteiger partial charge in [-0.05, 0) is 12.1 Å². The fraction of sp³-hybridized carbons (Fsp3) is 0. The van der Waals surface area contributed by atoms with Crippen LogP contribution in [-0.4, -0.2) is 15.4 Å². The summed E-state index contributed by atoms with van der Waals surface area (Å²) >= 11 is 5.70. The van der Waals surface area contributed by atoms with E-state index in [1.807, 2.05) is 0 Å². The van der Waals surface area contributed by atoms with Gasteiger partial charge in [0.15, 0.2) is 0 Å². The number of halogens is 1. The summed E-state index contributed by atoms with van der Waals surface area (Å²) in [7, 11) is 0. The van der Waals surface area contributed by atoms with E-state index in [4.69, 9.17) is 11.6 Å². The number of carboxylic acid groups (broad SMARTS) is 1. The average Bonchev–Trinajstić information content (AvgIpc) is 2.46. The standard InChI is InChI=1S/C8H5ClN2O2.Li/c9-5-1-2-7-10-6(8(12)13)4-11(7)3-5;/h1-4H,(H,12,13);/q;+1/p-1. The third-order valence-electron chi connectivity index (χ3n) is 1.62. The maximum Gasteiger partial charge on any atom is 1.00 e. The molecular weight excluding hydrogens is 198 g/mol. The fourth-order valence-electron chi connectivity index (χ4n) is 1.06. The van der Waals surface area contributed by atoms with Crippen LogP contribution in [0.1, 0.15) is 10.5 Å². The number of aromatic carboxylic acids is 1. The Hall–Kier alpha value is -0.953. The second kappa shape index (κ2) is 4.05. The Labute approximate surface area is 96.7 Å². The molecule has 0 spiro atoms. The zero-order valence-electron chi connectivity index (χ0n) is 7.40. The van der Waals surface area contributed by atoms with E-state index in [-0.39, 0.29) is 24.6 Å². The number of carboxylic acids is 1. The van der Waals surface area contributed by atoms with Crippen LogP contribution in [0, 0.1) is 0 Å². The first-order valence-corrected chi connectivity index (χ1v) is 3.90. The summed E-state index contributed by atoms with van der Waals surface area (Å²) in [6.45, 7) is 0. The average molecular weight is 203 g/mol. The molecule has 2 aromatic rings. The molecular formula is C8H4ClLiN2O2. The molecule has 0 aliphatic carbocycles. The Morgan fingerprint density at radius 1 is 1.43 bits per heavy atom. The third-order valence-corrected chi connectivity index (χ3v) is 1.85. The molecule has 0 fully saturated rings. The van der Waals surface area contributed by atoms with Crippen molar-refractivity contribution in [1.82, 2.24) is 9.38 Å². The Morgan fingerprint density at radius 2 is 2.14 bits per heavy atom. The van der Waals surface area contributed by atoms with E-state index >= 15 is 0 Å². The van der Waals surface area contributed by atoms with E-state index in [0.717, 1.165) is 0 Å². The van der Waals surface area contributed by atoms with E-state index in [1.54, 1.807) is 18.3 Å². The Kier molecular flexibility index (Phi) is 3.22. The molecule has 0 unspecified atom stereocenters. The van der Waals surface area contributed by atoms with Gasteiger partial charge in [-0.2, -0.15) is 0 Å². The van der Waals surface area contributed by atoms with Gasteiger partial charge in [-0.3, -0.25) is 0 Å². The number of hydrogen-bond acceptors (Lipinski definition) is 3. The van der Waals surface area contributed by atoms with Gasteiger partial charge in [0, 0.05) is 12.4 Å². The van der Waals surface area contributed by atoms with Gasteiger partial charge in [-0.25, -0.2) is 4.98 Å². The molecule has 2 heterocycles. The molecule has 6 heteroatoms. The first-order chi connectivity index (χ1) is 6.16. The fourth-order valence-corrected chi connectivity index (χ4v) is 1.23. The number of aromatic nitrogens is 2. The van der Waals surface area contributed by atoms with Crippen LogP contribution in [0.5, 0.6) is 0 Å². The van der Waals surface area contributed by atoms with Crippen molar-refractivity contribution in [3.05, 3.63) is 35.2 Å². The molecule has 0 radical (unpaired) electrons. The summed E-state index contributed by atoms with van der Waals surface area (Å²) in [5.41, 5.74) is 0.436. The van der Waals surface area contributed by atoms with Gasteiger partial charge in [-0.1, -0.05) is 11.6 Å². The summed E-state index contributed by atoms with van der Waals surface area (Å²) in [6.07, 6.45) is 2.94. The molecule has 0 saturated carbocycles. The second-order valence-electron chi connectivity index (χ2n) is 2.53. The number of rotatable bonds is 1. The summed E-state index contributed by atoms with van der Waals surface area (Å²) in [5, 5.41) is 11.0. The molecule has 4 nitrogen and oxygen atoms in total. The minimum absolute atomic E-state index is 0. The minimum atomic E-state index is -1.29. The van der Waals surface area contributed by atoms with Gasteiger partial charge in [0.05, 0.1) is 11.0 Å². The summed E-state index contributed by atoms with van der Waals surface area (Å²) in [4.78, 5) is 14.2. The molecule has 0 saturated heterocycles. The first-order valence-electron chi connectivity index (χ1n) is 3.52. The van der Waals surface area contributed by atoms with Gasteiger partial charge in [0.1, 0.15) is 11.3 Å². The Bertz CT molecular complexity index is 483. The van der Waals surface area contributed by atoms with Crippen molar-refractivity contribution in [1.29, 1.82) is 0 Å². The van der Waals surface area contributed by atoms with E-state index < -0.39 is 5.97 Å². The van der Waals surface area contributed by atoms with Crippen LogP contribution in [0.25, 0.3) is 5.65 Å². The van der Waals surface area contributed by atoms with Gasteiger partial charge in [0.25, 0.3) is 0 Å². The van der Waals surface area contributed by atoms with E-state index in [0.29, 0.717) is 10.7 Å². The number of nitrogens with zero attached hydrogens (tertiary/aromatic N) is 2. The molecule has 0 aliphatic heterocycles. The normalized spacial score (nSPS) is 9.79. The predicted octanol–water partition coefficient (Wildman–Crippen LogP) is -2.64. The van der Waals surface area contributed by atoms with Crippen molar-refractivity contribution in [2.75, 3.05) is 0 Å². The smallest absolute Gasteiger partial charge is 0.543 e. The summed E-state index contributed by atoms with van der Waals surface area (Å²) in [6, 6.07) is 3.28. The van der Waals surface area contributed by atoms with Crippen LogP contribution < -0.4 is 24.0 Å². The van der Waals surface area contributed by atoms with Gasteiger partial charge < -0.3 is 14.3 Å². The number of hydrogen-bond donors (Lipinski definition) is 0. The zero-order chi connectivity index (χ0) is 9.42. The minimum Gasteiger partial charge on any atom is -0.543 e. The van der Waals surface area contributed by atoms with Crippen LogP contribution in [0.4, 0.5) is 0 Å².